The molecule has 0 unspecified atom stereocenters. The van der Waals surface area contributed by atoms with Crippen molar-refractivity contribution in [1.29, 1.82) is 0 Å². The van der Waals surface area contributed by atoms with E-state index >= 15 is 0 Å². The van der Waals surface area contributed by atoms with E-state index in [9.17, 15) is 4.79 Å². The molecule has 0 atom stereocenters. The Hall–Kier alpha value is -0.600. The molecule has 4 heteroatoms. The third-order valence-electron chi connectivity index (χ3n) is 1.66. The molecule has 0 aliphatic heterocycles. The van der Waals surface area contributed by atoms with Crippen molar-refractivity contribution >= 4 is 28.4 Å². The van der Waals surface area contributed by atoms with Gasteiger partial charge in [-0.2, -0.15) is 0 Å². The van der Waals surface area contributed by atoms with Crippen LogP contribution in [-0.2, 0) is 6.42 Å². The average Bonchev–Trinajstić information content (AvgIpc) is 2.01. The minimum atomic E-state index is -0.572. The number of halogens is 2. The van der Waals surface area contributed by atoms with Crippen LogP contribution in [0, 0.1) is 5.92 Å². The lowest BCUT2D eigenvalue weighted by atomic mass is 10.1. The van der Waals surface area contributed by atoms with E-state index in [4.69, 9.17) is 23.2 Å². The van der Waals surface area contributed by atoms with Crippen molar-refractivity contribution in [1.82, 2.24) is 4.98 Å². The fourth-order valence-electron chi connectivity index (χ4n) is 1.17. The first-order chi connectivity index (χ1) is 6.49. The maximum Gasteiger partial charge on any atom is 0.270 e. The Bertz CT molecular complexity index is 350. The van der Waals surface area contributed by atoms with Gasteiger partial charge in [-0.05, 0) is 36.1 Å². The standard InChI is InChI=1S/C10H11Cl2NO/c1-6(2)3-8-4-7(11)5-9(13-8)10(12)14/h4-6H,3H2,1-2H3. The summed E-state index contributed by atoms with van der Waals surface area (Å²) in [7, 11) is 0. The van der Waals surface area contributed by atoms with Crippen LogP contribution in [0.15, 0.2) is 12.1 Å². The van der Waals surface area contributed by atoms with Gasteiger partial charge in [0, 0.05) is 10.7 Å². The van der Waals surface area contributed by atoms with Gasteiger partial charge in [-0.1, -0.05) is 25.4 Å². The van der Waals surface area contributed by atoms with Crippen molar-refractivity contribution in [2.24, 2.45) is 5.92 Å². The number of hydrogen-bond donors (Lipinski definition) is 0. The molecule has 0 saturated heterocycles. The van der Waals surface area contributed by atoms with Crippen LogP contribution in [0.1, 0.15) is 30.0 Å². The molecule has 0 bridgehead atoms. The fourth-order valence-corrected chi connectivity index (χ4v) is 1.50. The molecule has 0 N–H and O–H groups in total. The molecule has 0 radical (unpaired) electrons. The summed E-state index contributed by atoms with van der Waals surface area (Å²) < 4.78 is 0. The molecular formula is C10H11Cl2NO. The van der Waals surface area contributed by atoms with Crippen LogP contribution in [0.2, 0.25) is 5.02 Å². The quantitative estimate of drug-likeness (QED) is 0.748. The lowest BCUT2D eigenvalue weighted by molar-refractivity contribution is 0.107. The molecule has 2 nitrogen and oxygen atoms in total. The van der Waals surface area contributed by atoms with Gasteiger partial charge in [0.1, 0.15) is 5.69 Å². The van der Waals surface area contributed by atoms with Crippen LogP contribution in [-0.4, -0.2) is 10.2 Å². The highest BCUT2D eigenvalue weighted by molar-refractivity contribution is 6.67. The summed E-state index contributed by atoms with van der Waals surface area (Å²) in [5.41, 5.74) is 1.02. The molecule has 0 spiro atoms. The normalized spacial score (nSPS) is 10.6. The summed E-state index contributed by atoms with van der Waals surface area (Å²) in [5, 5.41) is -0.0721. The van der Waals surface area contributed by atoms with Crippen LogP contribution in [0.3, 0.4) is 0 Å². The number of aromatic nitrogens is 1. The Balaban J connectivity index is 3.01. The van der Waals surface area contributed by atoms with Crippen molar-refractivity contribution in [2.75, 3.05) is 0 Å². The highest BCUT2D eigenvalue weighted by Gasteiger charge is 2.08. The van der Waals surface area contributed by atoms with Crippen LogP contribution in [0.25, 0.3) is 0 Å². The zero-order chi connectivity index (χ0) is 10.7. The third-order valence-corrected chi connectivity index (χ3v) is 2.07. The highest BCUT2D eigenvalue weighted by Crippen LogP contribution is 2.15. The van der Waals surface area contributed by atoms with Gasteiger partial charge in [0.25, 0.3) is 5.24 Å². The van der Waals surface area contributed by atoms with Gasteiger partial charge in [0.15, 0.2) is 0 Å². The van der Waals surface area contributed by atoms with Crippen molar-refractivity contribution in [3.63, 3.8) is 0 Å². The summed E-state index contributed by atoms with van der Waals surface area (Å²) in [4.78, 5) is 15.0. The molecule has 1 heterocycles. The van der Waals surface area contributed by atoms with Crippen molar-refractivity contribution in [3.05, 3.63) is 28.5 Å². The van der Waals surface area contributed by atoms with E-state index in [2.05, 4.69) is 18.8 Å². The summed E-state index contributed by atoms with van der Waals surface area (Å²) in [6.07, 6.45) is 0.789. The summed E-state index contributed by atoms with van der Waals surface area (Å²) >= 11 is 11.2. The van der Waals surface area contributed by atoms with Crippen molar-refractivity contribution in [3.8, 4) is 0 Å². The molecule has 1 aromatic heterocycles. The predicted octanol–water partition coefficient (Wildman–Crippen LogP) is 3.31. The number of pyridine rings is 1. The number of hydrogen-bond acceptors (Lipinski definition) is 2. The van der Waals surface area contributed by atoms with E-state index in [0.717, 1.165) is 12.1 Å². The maximum atomic E-state index is 10.9. The lowest BCUT2D eigenvalue weighted by Gasteiger charge is -2.05. The second-order valence-corrected chi connectivity index (χ2v) is 4.31. The Morgan fingerprint density at radius 1 is 1.50 bits per heavy atom. The topological polar surface area (TPSA) is 30.0 Å². The first-order valence-electron chi connectivity index (χ1n) is 4.35. The van der Waals surface area contributed by atoms with E-state index in [0.29, 0.717) is 10.9 Å². The number of carbonyl (C=O) groups excluding carboxylic acids is 1. The Labute approximate surface area is 93.2 Å². The fraction of sp³-hybridized carbons (Fsp3) is 0.400. The lowest BCUT2D eigenvalue weighted by Crippen LogP contribution is -2.02. The third kappa shape index (κ3) is 3.28. The molecule has 0 aliphatic rings. The van der Waals surface area contributed by atoms with Crippen LogP contribution in [0.4, 0.5) is 0 Å². The Morgan fingerprint density at radius 2 is 2.14 bits per heavy atom. The van der Waals surface area contributed by atoms with Crippen molar-refractivity contribution < 1.29 is 4.79 Å². The van der Waals surface area contributed by atoms with E-state index in [1.807, 2.05) is 0 Å². The Kier molecular flexibility index (Phi) is 3.90. The molecule has 1 aromatic rings. The summed E-state index contributed by atoms with van der Waals surface area (Å²) in [6.45, 7) is 4.15. The van der Waals surface area contributed by atoms with Crippen LogP contribution >= 0.6 is 23.2 Å². The first kappa shape index (κ1) is 11.5. The average molecular weight is 232 g/mol. The van der Waals surface area contributed by atoms with Gasteiger partial charge in [0.2, 0.25) is 0 Å². The van der Waals surface area contributed by atoms with Gasteiger partial charge in [-0.25, -0.2) is 4.98 Å². The van der Waals surface area contributed by atoms with E-state index in [1.54, 1.807) is 6.07 Å². The van der Waals surface area contributed by atoms with Gasteiger partial charge >= 0.3 is 0 Å². The van der Waals surface area contributed by atoms with Crippen LogP contribution in [0.5, 0.6) is 0 Å². The number of rotatable bonds is 3. The van der Waals surface area contributed by atoms with Gasteiger partial charge in [-0.15, -0.1) is 0 Å². The molecule has 0 amide bonds. The van der Waals surface area contributed by atoms with Crippen molar-refractivity contribution in [2.45, 2.75) is 20.3 Å². The zero-order valence-corrected chi connectivity index (χ0v) is 9.56. The SMILES string of the molecule is CC(C)Cc1cc(Cl)cc(C(=O)Cl)n1. The maximum absolute atomic E-state index is 10.9. The number of carbonyl (C=O) groups is 1. The van der Waals surface area contributed by atoms with Gasteiger partial charge < -0.3 is 0 Å². The van der Waals surface area contributed by atoms with Gasteiger partial charge in [-0.3, -0.25) is 4.79 Å². The molecule has 0 fully saturated rings. The largest absolute Gasteiger partial charge is 0.274 e. The number of nitrogens with zero attached hydrogens (tertiary/aromatic N) is 1. The molecule has 14 heavy (non-hydrogen) atoms. The molecule has 1 rings (SSSR count). The molecule has 0 aliphatic carbocycles. The minimum Gasteiger partial charge on any atom is -0.274 e. The van der Waals surface area contributed by atoms with E-state index in [1.165, 1.54) is 6.07 Å². The Morgan fingerprint density at radius 3 is 2.64 bits per heavy atom. The van der Waals surface area contributed by atoms with Gasteiger partial charge in [0.05, 0.1) is 0 Å². The molecule has 0 aromatic carbocycles. The van der Waals surface area contributed by atoms with E-state index in [-0.39, 0.29) is 5.69 Å². The van der Waals surface area contributed by atoms with E-state index < -0.39 is 5.24 Å². The van der Waals surface area contributed by atoms with Crippen LogP contribution < -0.4 is 0 Å². The molecular weight excluding hydrogens is 221 g/mol. The highest BCUT2D eigenvalue weighted by atomic mass is 35.5. The second kappa shape index (κ2) is 4.76. The summed E-state index contributed by atoms with van der Waals surface area (Å²) in [5.74, 6) is 0.472. The molecule has 0 saturated carbocycles. The minimum absolute atomic E-state index is 0.217. The monoisotopic (exact) mass is 231 g/mol. The summed E-state index contributed by atoms with van der Waals surface area (Å²) in [6, 6.07) is 3.23. The molecule has 76 valence electrons. The first-order valence-corrected chi connectivity index (χ1v) is 5.11. The zero-order valence-electron chi connectivity index (χ0n) is 8.05. The smallest absolute Gasteiger partial charge is 0.270 e. The second-order valence-electron chi connectivity index (χ2n) is 3.53. The predicted molar refractivity (Wildman–Crippen MR) is 58.0 cm³/mol.